The van der Waals surface area contributed by atoms with E-state index < -0.39 is 5.97 Å². The number of para-hydroxylation sites is 2. The molecule has 0 fully saturated rings. The maximum absolute atomic E-state index is 13.2. The number of benzene rings is 3. The van der Waals surface area contributed by atoms with E-state index in [9.17, 15) is 9.59 Å². The first-order valence-corrected chi connectivity index (χ1v) is 10.6. The Labute approximate surface area is 198 Å². The fourth-order valence-corrected chi connectivity index (χ4v) is 3.47. The number of carbonyl (C=O) groups excluding carboxylic acids is 1. The van der Waals surface area contributed by atoms with Crippen LogP contribution in [-0.2, 0) is 0 Å². The van der Waals surface area contributed by atoms with Gasteiger partial charge in [-0.3, -0.25) is 4.79 Å². The van der Waals surface area contributed by atoms with Gasteiger partial charge in [-0.05, 0) is 60.7 Å². The van der Waals surface area contributed by atoms with Crippen molar-refractivity contribution >= 4 is 34.7 Å². The normalized spacial score (nSPS) is 11.2. The number of nitrogens with zero attached hydrogens (tertiary/aromatic N) is 3. The minimum absolute atomic E-state index is 0.251. The number of furan rings is 1. The summed E-state index contributed by atoms with van der Waals surface area (Å²) < 4.78 is 12.2. The number of rotatable bonds is 5. The van der Waals surface area contributed by atoms with Crippen LogP contribution in [0.4, 0.5) is 0 Å². The molecule has 0 aliphatic heterocycles. The quantitative estimate of drug-likeness (QED) is 0.195. The van der Waals surface area contributed by atoms with Crippen LogP contribution in [0, 0.1) is 0 Å². The summed E-state index contributed by atoms with van der Waals surface area (Å²) in [4.78, 5) is 30.4. The Bertz CT molecular complexity index is 1570. The molecule has 7 nitrogen and oxygen atoms in total. The van der Waals surface area contributed by atoms with Crippen molar-refractivity contribution in [2.24, 2.45) is 5.10 Å². The maximum atomic E-state index is 13.2. The maximum Gasteiger partial charge on any atom is 0.343 e. The summed E-state index contributed by atoms with van der Waals surface area (Å²) in [7, 11) is 0. The first-order valence-electron chi connectivity index (χ1n) is 10.3. The number of esters is 1. The monoisotopic (exact) mass is 469 g/mol. The fraction of sp³-hybridized carbons (Fsp3) is 0. The van der Waals surface area contributed by atoms with Crippen LogP contribution in [0.2, 0.25) is 5.02 Å². The van der Waals surface area contributed by atoms with Crippen molar-refractivity contribution in [1.29, 1.82) is 0 Å². The van der Waals surface area contributed by atoms with Crippen LogP contribution in [0.15, 0.2) is 106 Å². The van der Waals surface area contributed by atoms with E-state index in [4.69, 9.17) is 20.8 Å². The van der Waals surface area contributed by atoms with Crippen molar-refractivity contribution in [1.82, 2.24) is 9.66 Å². The summed E-state index contributed by atoms with van der Waals surface area (Å²) in [5, 5.41) is 5.32. The third-order valence-electron chi connectivity index (χ3n) is 5.01. The predicted molar refractivity (Wildman–Crippen MR) is 130 cm³/mol. The highest BCUT2D eigenvalue weighted by atomic mass is 35.5. The highest BCUT2D eigenvalue weighted by molar-refractivity contribution is 6.30. The van der Waals surface area contributed by atoms with E-state index in [0.29, 0.717) is 32.8 Å². The van der Waals surface area contributed by atoms with Gasteiger partial charge in [-0.15, -0.1) is 0 Å². The Hall–Kier alpha value is -4.49. The molecule has 0 saturated carbocycles. The van der Waals surface area contributed by atoms with Gasteiger partial charge in [0.2, 0.25) is 5.82 Å². The molecule has 0 atom stereocenters. The second-order valence-corrected chi connectivity index (χ2v) is 7.66. The molecule has 0 radical (unpaired) electrons. The molecule has 34 heavy (non-hydrogen) atoms. The molecule has 8 heteroatoms. The molecule has 2 heterocycles. The van der Waals surface area contributed by atoms with Crippen molar-refractivity contribution in [3.05, 3.63) is 118 Å². The Kier molecular flexibility index (Phi) is 5.76. The van der Waals surface area contributed by atoms with E-state index in [1.165, 1.54) is 17.2 Å². The summed E-state index contributed by atoms with van der Waals surface area (Å²) in [5.74, 6) is 0.383. The lowest BCUT2D eigenvalue weighted by atomic mass is 10.2. The third-order valence-corrected chi connectivity index (χ3v) is 5.26. The fourth-order valence-electron chi connectivity index (χ4n) is 3.34. The van der Waals surface area contributed by atoms with Gasteiger partial charge in [0.05, 0.1) is 28.9 Å². The zero-order chi connectivity index (χ0) is 23.5. The average molecular weight is 470 g/mol. The van der Waals surface area contributed by atoms with Crippen LogP contribution in [0.25, 0.3) is 22.5 Å². The minimum Gasteiger partial charge on any atom is -0.461 e. The minimum atomic E-state index is -0.543. The molecule has 0 aliphatic rings. The number of aromatic nitrogens is 2. The topological polar surface area (TPSA) is 86.7 Å². The molecule has 0 amide bonds. The average Bonchev–Trinajstić information content (AvgIpc) is 3.39. The van der Waals surface area contributed by atoms with Gasteiger partial charge in [-0.2, -0.15) is 9.78 Å². The van der Waals surface area contributed by atoms with E-state index in [1.807, 2.05) is 0 Å². The lowest BCUT2D eigenvalue weighted by molar-refractivity contribution is 0.0734. The first kappa shape index (κ1) is 21.4. The molecule has 5 rings (SSSR count). The highest BCUT2D eigenvalue weighted by Gasteiger charge is 2.15. The van der Waals surface area contributed by atoms with Gasteiger partial charge in [0, 0.05) is 10.6 Å². The Morgan fingerprint density at radius 1 is 0.971 bits per heavy atom. The van der Waals surface area contributed by atoms with E-state index in [1.54, 1.807) is 84.9 Å². The van der Waals surface area contributed by atoms with Crippen molar-refractivity contribution in [2.45, 2.75) is 0 Å². The van der Waals surface area contributed by atoms with Gasteiger partial charge in [0.1, 0.15) is 5.75 Å². The van der Waals surface area contributed by atoms with Gasteiger partial charge in [-0.25, -0.2) is 9.78 Å². The number of halogens is 1. The number of fused-ring (bicyclic) bond motifs is 1. The standard InChI is InChI=1S/C26H16ClN3O4/c27-19-13-11-17(12-14-19)26(32)34-22-9-4-1-6-18(22)16-28-30-24(23-10-5-15-33-23)29-21-8-3-2-7-20(21)25(30)31/h1-16H. The zero-order valence-corrected chi connectivity index (χ0v) is 18.3. The Morgan fingerprint density at radius 2 is 1.74 bits per heavy atom. The van der Waals surface area contributed by atoms with E-state index in [-0.39, 0.29) is 17.1 Å². The van der Waals surface area contributed by atoms with Crippen LogP contribution < -0.4 is 10.3 Å². The second-order valence-electron chi connectivity index (χ2n) is 7.23. The molecule has 166 valence electrons. The number of hydrogen-bond donors (Lipinski definition) is 0. The summed E-state index contributed by atoms with van der Waals surface area (Å²) in [5.41, 5.74) is 1.02. The van der Waals surface area contributed by atoms with Crippen molar-refractivity contribution in [3.8, 4) is 17.3 Å². The molecule has 2 aromatic heterocycles. The largest absolute Gasteiger partial charge is 0.461 e. The van der Waals surface area contributed by atoms with Crippen LogP contribution >= 0.6 is 11.6 Å². The zero-order valence-electron chi connectivity index (χ0n) is 17.6. The number of carbonyl (C=O) groups is 1. The Balaban J connectivity index is 1.54. The van der Waals surface area contributed by atoms with Crippen LogP contribution in [-0.4, -0.2) is 21.8 Å². The van der Waals surface area contributed by atoms with Crippen LogP contribution in [0.3, 0.4) is 0 Å². The van der Waals surface area contributed by atoms with Gasteiger partial charge in [-0.1, -0.05) is 35.9 Å². The smallest absolute Gasteiger partial charge is 0.343 e. The molecule has 0 aliphatic carbocycles. The van der Waals surface area contributed by atoms with Crippen LogP contribution in [0.5, 0.6) is 5.75 Å². The van der Waals surface area contributed by atoms with E-state index in [0.717, 1.165) is 0 Å². The van der Waals surface area contributed by atoms with Crippen molar-refractivity contribution in [2.75, 3.05) is 0 Å². The van der Waals surface area contributed by atoms with Gasteiger partial charge in [0.25, 0.3) is 5.56 Å². The SMILES string of the molecule is O=C(Oc1ccccc1C=Nn1c(-c2ccco2)nc2ccccc2c1=O)c1ccc(Cl)cc1. The molecule has 0 saturated heterocycles. The van der Waals surface area contributed by atoms with Gasteiger partial charge in [0.15, 0.2) is 5.76 Å². The van der Waals surface area contributed by atoms with Crippen molar-refractivity contribution < 1.29 is 13.9 Å². The summed E-state index contributed by atoms with van der Waals surface area (Å²) >= 11 is 5.89. The van der Waals surface area contributed by atoms with E-state index in [2.05, 4.69) is 10.1 Å². The molecule has 0 spiro atoms. The van der Waals surface area contributed by atoms with Crippen molar-refractivity contribution in [3.63, 3.8) is 0 Å². The Morgan fingerprint density at radius 3 is 2.53 bits per heavy atom. The van der Waals surface area contributed by atoms with Crippen LogP contribution in [0.1, 0.15) is 15.9 Å². The number of hydrogen-bond acceptors (Lipinski definition) is 6. The predicted octanol–water partition coefficient (Wildman–Crippen LogP) is 5.41. The van der Waals surface area contributed by atoms with Gasteiger partial charge < -0.3 is 9.15 Å². The molecular weight excluding hydrogens is 454 g/mol. The van der Waals surface area contributed by atoms with Gasteiger partial charge >= 0.3 is 5.97 Å². The molecule has 0 N–H and O–H groups in total. The molecule has 0 bridgehead atoms. The highest BCUT2D eigenvalue weighted by Crippen LogP contribution is 2.21. The second kappa shape index (κ2) is 9.17. The number of ether oxygens (including phenoxy) is 1. The lowest BCUT2D eigenvalue weighted by Crippen LogP contribution is -2.20. The third kappa shape index (κ3) is 4.24. The summed E-state index contributed by atoms with van der Waals surface area (Å²) in [6.07, 6.45) is 2.94. The summed E-state index contributed by atoms with van der Waals surface area (Å²) in [6.45, 7) is 0. The van der Waals surface area contributed by atoms with E-state index >= 15 is 0 Å². The lowest BCUT2D eigenvalue weighted by Gasteiger charge is -2.09. The molecule has 0 unspecified atom stereocenters. The molecule has 5 aromatic rings. The molecular formula is C26H16ClN3O4. The summed E-state index contributed by atoms with van der Waals surface area (Å²) in [6, 6.07) is 23.7. The molecule has 3 aromatic carbocycles. The first-order chi connectivity index (χ1) is 16.6.